The van der Waals surface area contributed by atoms with Gasteiger partial charge in [0.1, 0.15) is 5.82 Å². The number of aromatic nitrogens is 1. The van der Waals surface area contributed by atoms with E-state index in [1.54, 1.807) is 6.07 Å². The van der Waals surface area contributed by atoms with Crippen molar-refractivity contribution in [1.29, 1.82) is 0 Å². The second-order valence-corrected chi connectivity index (χ2v) is 4.15. The number of pyridine rings is 1. The molecule has 102 valence electrons. The van der Waals surface area contributed by atoms with Gasteiger partial charge in [0.25, 0.3) is 11.6 Å². The van der Waals surface area contributed by atoms with E-state index in [9.17, 15) is 19.3 Å². The molecule has 0 aliphatic carbocycles. The molecule has 0 atom stereocenters. The Labute approximate surface area is 117 Å². The molecule has 1 aromatic heterocycles. The zero-order valence-electron chi connectivity index (χ0n) is 9.84. The topological polar surface area (TPSA) is 85.1 Å². The van der Waals surface area contributed by atoms with E-state index in [0.29, 0.717) is 0 Å². The molecule has 1 amide bonds. The van der Waals surface area contributed by atoms with Gasteiger partial charge < -0.3 is 5.32 Å². The molecule has 0 unspecified atom stereocenters. The first-order valence-corrected chi connectivity index (χ1v) is 5.72. The van der Waals surface area contributed by atoms with Gasteiger partial charge in [-0.1, -0.05) is 11.6 Å². The summed E-state index contributed by atoms with van der Waals surface area (Å²) in [4.78, 5) is 25.6. The number of nitro benzene ring substituents is 1. The van der Waals surface area contributed by atoms with Crippen LogP contribution in [0.25, 0.3) is 0 Å². The second kappa shape index (κ2) is 5.62. The number of nitrogens with one attached hydrogen (secondary N) is 1. The van der Waals surface area contributed by atoms with Crippen LogP contribution in [0, 0.1) is 15.9 Å². The van der Waals surface area contributed by atoms with Gasteiger partial charge in [0, 0.05) is 17.8 Å². The van der Waals surface area contributed by atoms with Crippen LogP contribution in [0.2, 0.25) is 5.02 Å². The highest BCUT2D eigenvalue weighted by atomic mass is 35.5. The Kier molecular flexibility index (Phi) is 3.90. The van der Waals surface area contributed by atoms with Crippen molar-refractivity contribution in [2.45, 2.75) is 0 Å². The highest BCUT2D eigenvalue weighted by Crippen LogP contribution is 2.20. The van der Waals surface area contributed by atoms with Crippen LogP contribution in [0.15, 0.2) is 36.5 Å². The lowest BCUT2D eigenvalue weighted by Gasteiger charge is -2.06. The van der Waals surface area contributed by atoms with Gasteiger partial charge in [-0.3, -0.25) is 14.9 Å². The van der Waals surface area contributed by atoms with Crippen molar-refractivity contribution in [3.63, 3.8) is 0 Å². The van der Waals surface area contributed by atoms with Crippen LogP contribution in [-0.4, -0.2) is 15.8 Å². The van der Waals surface area contributed by atoms with Gasteiger partial charge in [0.05, 0.1) is 16.0 Å². The third-order valence-electron chi connectivity index (χ3n) is 2.35. The van der Waals surface area contributed by atoms with E-state index in [1.807, 2.05) is 0 Å². The van der Waals surface area contributed by atoms with Crippen LogP contribution in [0.4, 0.5) is 15.9 Å². The Morgan fingerprint density at radius 2 is 2.15 bits per heavy atom. The fourth-order valence-corrected chi connectivity index (χ4v) is 1.64. The van der Waals surface area contributed by atoms with Crippen molar-refractivity contribution >= 4 is 29.0 Å². The molecule has 6 nitrogen and oxygen atoms in total. The summed E-state index contributed by atoms with van der Waals surface area (Å²) in [6.07, 6.45) is 1.41. The molecule has 0 saturated carbocycles. The Hall–Kier alpha value is -2.54. The molecule has 0 bridgehead atoms. The molecule has 1 aromatic carbocycles. The summed E-state index contributed by atoms with van der Waals surface area (Å²) < 4.78 is 13.2. The maximum atomic E-state index is 13.2. The molecule has 2 rings (SSSR count). The van der Waals surface area contributed by atoms with Gasteiger partial charge in [-0.15, -0.1) is 0 Å². The van der Waals surface area contributed by atoms with Gasteiger partial charge >= 0.3 is 0 Å². The number of anilines is 1. The monoisotopic (exact) mass is 295 g/mol. The number of nitro groups is 1. The van der Waals surface area contributed by atoms with Crippen molar-refractivity contribution in [3.8, 4) is 0 Å². The van der Waals surface area contributed by atoms with Gasteiger partial charge in [0.15, 0.2) is 5.82 Å². The molecule has 0 aliphatic heterocycles. The SMILES string of the molecule is O=C(Nc1ncccc1Cl)c1cc(F)cc([N+](=O)[O-])c1. The molecule has 0 fully saturated rings. The second-order valence-electron chi connectivity index (χ2n) is 3.74. The standard InChI is InChI=1S/C12H7ClFN3O3/c13-10-2-1-3-15-11(10)16-12(18)7-4-8(14)6-9(5-7)17(19)20/h1-6H,(H,15,16,18). The number of amides is 1. The number of halogens is 2. The summed E-state index contributed by atoms with van der Waals surface area (Å²) in [7, 11) is 0. The average Bonchev–Trinajstić information content (AvgIpc) is 2.40. The van der Waals surface area contributed by atoms with Crippen molar-refractivity contribution in [3.05, 3.63) is 63.0 Å². The molecule has 0 spiro atoms. The summed E-state index contributed by atoms with van der Waals surface area (Å²) in [5.74, 6) is -1.53. The third-order valence-corrected chi connectivity index (χ3v) is 2.65. The minimum atomic E-state index is -0.878. The Balaban J connectivity index is 2.30. The lowest BCUT2D eigenvalue weighted by molar-refractivity contribution is -0.385. The van der Waals surface area contributed by atoms with E-state index in [-0.39, 0.29) is 16.4 Å². The molecular weight excluding hydrogens is 289 g/mol. The Morgan fingerprint density at radius 3 is 2.80 bits per heavy atom. The number of hydrogen-bond donors (Lipinski definition) is 1. The van der Waals surface area contributed by atoms with E-state index in [4.69, 9.17) is 11.6 Å². The normalized spacial score (nSPS) is 10.1. The van der Waals surface area contributed by atoms with Crippen LogP contribution in [0.5, 0.6) is 0 Å². The smallest absolute Gasteiger partial charge is 0.273 e. The number of carbonyl (C=O) groups is 1. The molecule has 0 saturated heterocycles. The van der Waals surface area contributed by atoms with E-state index in [2.05, 4.69) is 10.3 Å². The molecule has 1 heterocycles. The van der Waals surface area contributed by atoms with E-state index >= 15 is 0 Å². The van der Waals surface area contributed by atoms with Crippen molar-refractivity contribution in [2.75, 3.05) is 5.32 Å². The number of nitrogens with zero attached hydrogens (tertiary/aromatic N) is 2. The molecule has 0 aliphatic rings. The highest BCUT2D eigenvalue weighted by Gasteiger charge is 2.15. The zero-order chi connectivity index (χ0) is 14.7. The average molecular weight is 296 g/mol. The minimum absolute atomic E-state index is 0.0890. The van der Waals surface area contributed by atoms with E-state index < -0.39 is 22.3 Å². The van der Waals surface area contributed by atoms with Crippen LogP contribution in [0.3, 0.4) is 0 Å². The predicted octanol–water partition coefficient (Wildman–Crippen LogP) is 3.03. The summed E-state index contributed by atoms with van der Waals surface area (Å²) in [5.41, 5.74) is -0.708. The van der Waals surface area contributed by atoms with E-state index in [1.165, 1.54) is 12.3 Å². The predicted molar refractivity (Wildman–Crippen MR) is 70.3 cm³/mol. The third kappa shape index (κ3) is 3.07. The van der Waals surface area contributed by atoms with Gasteiger partial charge in [-0.05, 0) is 18.2 Å². The van der Waals surface area contributed by atoms with Gasteiger partial charge in [0.2, 0.25) is 0 Å². The largest absolute Gasteiger partial charge is 0.305 e. The number of rotatable bonds is 3. The fraction of sp³-hybridized carbons (Fsp3) is 0. The van der Waals surface area contributed by atoms with E-state index in [0.717, 1.165) is 18.2 Å². The fourth-order valence-electron chi connectivity index (χ4n) is 1.47. The summed E-state index contributed by atoms with van der Waals surface area (Å²) >= 11 is 5.81. The molecule has 20 heavy (non-hydrogen) atoms. The molecular formula is C12H7ClFN3O3. The highest BCUT2D eigenvalue weighted by molar-refractivity contribution is 6.33. The number of non-ortho nitro benzene ring substituents is 1. The summed E-state index contributed by atoms with van der Waals surface area (Å²) in [6.45, 7) is 0. The zero-order valence-corrected chi connectivity index (χ0v) is 10.6. The Morgan fingerprint density at radius 1 is 1.40 bits per heavy atom. The first-order valence-electron chi connectivity index (χ1n) is 5.34. The summed E-state index contributed by atoms with van der Waals surface area (Å²) in [5, 5.41) is 13.2. The van der Waals surface area contributed by atoms with Crippen LogP contribution in [0.1, 0.15) is 10.4 Å². The van der Waals surface area contributed by atoms with Crippen molar-refractivity contribution in [1.82, 2.24) is 4.98 Å². The number of benzene rings is 1. The lowest BCUT2D eigenvalue weighted by atomic mass is 10.2. The number of carbonyl (C=O) groups excluding carboxylic acids is 1. The van der Waals surface area contributed by atoms with Crippen LogP contribution < -0.4 is 5.32 Å². The van der Waals surface area contributed by atoms with Crippen LogP contribution >= 0.6 is 11.6 Å². The Bertz CT molecular complexity index is 693. The minimum Gasteiger partial charge on any atom is -0.305 e. The first-order chi connectivity index (χ1) is 9.47. The van der Waals surface area contributed by atoms with Crippen molar-refractivity contribution < 1.29 is 14.1 Å². The van der Waals surface area contributed by atoms with Gasteiger partial charge in [-0.25, -0.2) is 9.37 Å². The molecule has 0 radical (unpaired) electrons. The molecule has 1 N–H and O–H groups in total. The maximum absolute atomic E-state index is 13.2. The lowest BCUT2D eigenvalue weighted by Crippen LogP contribution is -2.13. The molecule has 8 heteroatoms. The quantitative estimate of drug-likeness (QED) is 0.696. The van der Waals surface area contributed by atoms with Crippen LogP contribution in [-0.2, 0) is 0 Å². The number of hydrogen-bond acceptors (Lipinski definition) is 4. The summed E-state index contributed by atoms with van der Waals surface area (Å²) in [6, 6.07) is 5.67. The maximum Gasteiger partial charge on any atom is 0.273 e. The first kappa shape index (κ1) is 13.9. The van der Waals surface area contributed by atoms with Crippen molar-refractivity contribution in [2.24, 2.45) is 0 Å². The molecule has 2 aromatic rings. The van der Waals surface area contributed by atoms with Gasteiger partial charge in [-0.2, -0.15) is 0 Å².